The van der Waals surface area contributed by atoms with E-state index in [1.54, 1.807) is 0 Å². The first-order chi connectivity index (χ1) is 19.7. The van der Waals surface area contributed by atoms with Gasteiger partial charge >= 0.3 is 0 Å². The number of ether oxygens (including phenoxy) is 1. The van der Waals surface area contributed by atoms with E-state index in [4.69, 9.17) is 4.74 Å². The molecule has 3 nitrogen and oxygen atoms in total. The fourth-order valence-corrected chi connectivity index (χ4v) is 5.31. The van der Waals surface area contributed by atoms with Crippen molar-refractivity contribution in [1.29, 1.82) is 0 Å². The Labute approximate surface area is 248 Å². The summed E-state index contributed by atoms with van der Waals surface area (Å²) in [5.74, 6) is 1.00. The van der Waals surface area contributed by atoms with Crippen LogP contribution < -0.4 is 14.2 Å². The lowest BCUT2D eigenvalue weighted by Crippen LogP contribution is -2.32. The van der Waals surface area contributed by atoms with E-state index in [1.807, 2.05) is 0 Å². The van der Waals surface area contributed by atoms with Crippen LogP contribution in [0.4, 0.5) is 5.69 Å². The Hall–Kier alpha value is -2.29. The summed E-state index contributed by atoms with van der Waals surface area (Å²) in [6.07, 6.45) is 30.5. The minimum absolute atomic E-state index is 0.795. The van der Waals surface area contributed by atoms with Crippen LogP contribution in [0.2, 0.25) is 0 Å². The van der Waals surface area contributed by atoms with Crippen molar-refractivity contribution in [2.75, 3.05) is 24.6 Å². The average molecular weight is 550 g/mol. The van der Waals surface area contributed by atoms with Crippen molar-refractivity contribution in [3.05, 3.63) is 53.9 Å². The summed E-state index contributed by atoms with van der Waals surface area (Å²) in [5, 5.41) is 0. The highest BCUT2D eigenvalue weighted by atomic mass is 16.5. The summed E-state index contributed by atoms with van der Waals surface area (Å²) in [4.78, 5) is 2.39. The largest absolute Gasteiger partial charge is 0.493 e. The minimum atomic E-state index is 0.795. The Balaban J connectivity index is 1.76. The second-order valence-electron chi connectivity index (χ2n) is 11.4. The summed E-state index contributed by atoms with van der Waals surface area (Å²) in [6, 6.07) is 11.1. The number of hydrogen-bond acceptors (Lipinski definition) is 2. The molecule has 1 aromatic heterocycles. The van der Waals surface area contributed by atoms with Gasteiger partial charge in [-0.05, 0) is 38.0 Å². The van der Waals surface area contributed by atoms with Crippen molar-refractivity contribution in [3.8, 4) is 5.75 Å². The van der Waals surface area contributed by atoms with Crippen LogP contribution in [0, 0.1) is 0 Å². The Bertz CT molecular complexity index is 901. The number of aryl methyl sites for hydroxylation is 1. The van der Waals surface area contributed by atoms with Crippen molar-refractivity contribution in [2.45, 2.75) is 137 Å². The molecule has 40 heavy (non-hydrogen) atoms. The zero-order valence-corrected chi connectivity index (χ0v) is 26.6. The van der Waals surface area contributed by atoms with Crippen molar-refractivity contribution >= 4 is 17.8 Å². The van der Waals surface area contributed by atoms with Crippen molar-refractivity contribution in [2.24, 2.45) is 0 Å². The first-order valence-corrected chi connectivity index (χ1v) is 16.9. The fourth-order valence-electron chi connectivity index (χ4n) is 5.31. The number of hydrogen-bond donors (Lipinski definition) is 0. The number of rotatable bonds is 24. The average Bonchev–Trinajstić information content (AvgIpc) is 2.98. The third-order valence-corrected chi connectivity index (χ3v) is 8.02. The Kier molecular flexibility index (Phi) is 19.0. The van der Waals surface area contributed by atoms with Gasteiger partial charge in [0.2, 0.25) is 0 Å². The van der Waals surface area contributed by atoms with Crippen molar-refractivity contribution in [3.63, 3.8) is 0 Å². The predicted molar refractivity (Wildman–Crippen MR) is 176 cm³/mol. The highest BCUT2D eigenvalue weighted by molar-refractivity contribution is 5.74. The monoisotopic (exact) mass is 549 g/mol. The zero-order valence-electron chi connectivity index (χ0n) is 26.6. The number of anilines is 1. The topological polar surface area (TPSA) is 16.4 Å². The van der Waals surface area contributed by atoms with E-state index < -0.39 is 0 Å². The molecular formula is C37H61N2O+. The second kappa shape index (κ2) is 22.4. The molecule has 0 fully saturated rings. The maximum atomic E-state index is 6.39. The van der Waals surface area contributed by atoms with Crippen LogP contribution in [-0.2, 0) is 6.54 Å². The van der Waals surface area contributed by atoms with Crippen LogP contribution in [0.25, 0.3) is 12.2 Å². The normalized spacial score (nSPS) is 11.4. The molecule has 0 saturated heterocycles. The third kappa shape index (κ3) is 14.4. The number of aromatic nitrogens is 1. The molecule has 1 heterocycles. The molecule has 0 aliphatic heterocycles. The van der Waals surface area contributed by atoms with Gasteiger partial charge in [-0.25, -0.2) is 4.57 Å². The maximum Gasteiger partial charge on any atom is 0.169 e. The minimum Gasteiger partial charge on any atom is -0.493 e. The molecule has 0 aliphatic rings. The van der Waals surface area contributed by atoms with E-state index >= 15 is 0 Å². The Morgan fingerprint density at radius 3 is 1.73 bits per heavy atom. The molecule has 2 aromatic rings. The molecule has 0 spiro atoms. The standard InChI is InChI=1S/C37H61N2O/c1-5-9-11-12-13-14-15-16-17-18-19-20-21-22-32-40-37-33-36(39(7-3)8-4)26-25-35(37)24-23-34-27-30-38(31-28-34)29-10-6-2/h23-28,30-31,33H,5-22,29,32H2,1-4H3/q+1. The number of pyridine rings is 1. The Morgan fingerprint density at radius 2 is 1.18 bits per heavy atom. The van der Waals surface area contributed by atoms with E-state index in [1.165, 1.54) is 108 Å². The van der Waals surface area contributed by atoms with Gasteiger partial charge in [0.05, 0.1) is 6.61 Å². The maximum absolute atomic E-state index is 6.39. The van der Waals surface area contributed by atoms with Crippen LogP contribution in [0.15, 0.2) is 42.7 Å². The van der Waals surface area contributed by atoms with Crippen LogP contribution in [-0.4, -0.2) is 19.7 Å². The molecule has 2 rings (SSSR count). The van der Waals surface area contributed by atoms with Gasteiger partial charge in [0, 0.05) is 49.0 Å². The molecule has 0 amide bonds. The molecular weight excluding hydrogens is 488 g/mol. The van der Waals surface area contributed by atoms with Crippen LogP contribution >= 0.6 is 0 Å². The highest BCUT2D eigenvalue weighted by Crippen LogP contribution is 2.28. The molecule has 0 atom stereocenters. The molecule has 3 heteroatoms. The number of benzene rings is 1. The summed E-state index contributed by atoms with van der Waals surface area (Å²) >= 11 is 0. The summed E-state index contributed by atoms with van der Waals surface area (Å²) in [5.41, 5.74) is 3.62. The summed E-state index contributed by atoms with van der Waals surface area (Å²) < 4.78 is 8.66. The first-order valence-electron chi connectivity index (χ1n) is 16.9. The van der Waals surface area contributed by atoms with E-state index in [0.29, 0.717) is 0 Å². The second-order valence-corrected chi connectivity index (χ2v) is 11.4. The van der Waals surface area contributed by atoms with Gasteiger partial charge in [-0.15, -0.1) is 0 Å². The zero-order chi connectivity index (χ0) is 28.7. The van der Waals surface area contributed by atoms with E-state index in [0.717, 1.165) is 44.0 Å². The molecule has 224 valence electrons. The quantitative estimate of drug-likeness (QED) is 0.0956. The molecule has 0 saturated carbocycles. The number of unbranched alkanes of at least 4 members (excludes halogenated alkanes) is 14. The highest BCUT2D eigenvalue weighted by Gasteiger charge is 2.08. The lowest BCUT2D eigenvalue weighted by Gasteiger charge is -2.22. The summed E-state index contributed by atoms with van der Waals surface area (Å²) in [6.45, 7) is 12.9. The first kappa shape index (κ1) is 33.9. The third-order valence-electron chi connectivity index (χ3n) is 8.02. The van der Waals surface area contributed by atoms with Crippen LogP contribution in [0.1, 0.15) is 142 Å². The van der Waals surface area contributed by atoms with Gasteiger partial charge in [-0.2, -0.15) is 0 Å². The van der Waals surface area contributed by atoms with E-state index in [2.05, 4.69) is 92.0 Å². The van der Waals surface area contributed by atoms with Crippen molar-refractivity contribution in [1.82, 2.24) is 0 Å². The van der Waals surface area contributed by atoms with Gasteiger partial charge in [-0.3, -0.25) is 0 Å². The van der Waals surface area contributed by atoms with Crippen LogP contribution in [0.3, 0.4) is 0 Å². The Morgan fingerprint density at radius 1 is 0.625 bits per heavy atom. The molecule has 0 bridgehead atoms. The smallest absolute Gasteiger partial charge is 0.169 e. The number of nitrogens with zero attached hydrogens (tertiary/aromatic N) is 2. The van der Waals surface area contributed by atoms with Gasteiger partial charge in [0.1, 0.15) is 12.3 Å². The lowest BCUT2D eigenvalue weighted by molar-refractivity contribution is -0.697. The molecule has 1 aromatic carbocycles. The molecule has 0 unspecified atom stereocenters. The van der Waals surface area contributed by atoms with Crippen molar-refractivity contribution < 1.29 is 9.30 Å². The van der Waals surface area contributed by atoms with Gasteiger partial charge in [0.15, 0.2) is 12.4 Å². The van der Waals surface area contributed by atoms with Gasteiger partial charge in [0.25, 0.3) is 0 Å². The predicted octanol–water partition coefficient (Wildman–Crippen LogP) is 10.7. The SMILES string of the molecule is CCCCCCCCCCCCCCCCOc1cc(N(CC)CC)ccc1/C=C/c1cc[n+](CCCC)cc1. The summed E-state index contributed by atoms with van der Waals surface area (Å²) in [7, 11) is 0. The molecule has 0 radical (unpaired) electrons. The van der Waals surface area contributed by atoms with Gasteiger partial charge < -0.3 is 9.64 Å². The molecule has 0 N–H and O–H groups in total. The van der Waals surface area contributed by atoms with E-state index in [-0.39, 0.29) is 0 Å². The fraction of sp³-hybridized carbons (Fsp3) is 0.649. The van der Waals surface area contributed by atoms with Crippen LogP contribution in [0.5, 0.6) is 5.75 Å². The molecule has 0 aliphatic carbocycles. The van der Waals surface area contributed by atoms with E-state index in [9.17, 15) is 0 Å². The lowest BCUT2D eigenvalue weighted by atomic mass is 10.0. The van der Waals surface area contributed by atoms with Gasteiger partial charge in [-0.1, -0.05) is 116 Å².